The lowest BCUT2D eigenvalue weighted by molar-refractivity contribution is 0.248. The van der Waals surface area contributed by atoms with Crippen LogP contribution in [0, 0.1) is 17.6 Å². The standard InChI is InChI=1S/C18H20F2N4O/c19-14-4-3-5-15(20)17(14)23-18(25)22-12-13-7-10-24(11-8-13)16-6-1-2-9-21-16/h1-6,9,13H,7-8,10-12H2,(H2,22,23,25). The van der Waals surface area contributed by atoms with Crippen LogP contribution in [0.4, 0.5) is 25.1 Å². The SMILES string of the molecule is O=C(NCC1CCN(c2ccccn2)CC1)Nc1c(F)cccc1F. The molecule has 0 spiro atoms. The normalized spacial score (nSPS) is 15.0. The number of pyridine rings is 1. The molecule has 1 aliphatic rings. The van der Waals surface area contributed by atoms with Gasteiger partial charge >= 0.3 is 6.03 Å². The maximum Gasteiger partial charge on any atom is 0.319 e. The van der Waals surface area contributed by atoms with Crippen molar-refractivity contribution in [3.63, 3.8) is 0 Å². The molecule has 2 amide bonds. The van der Waals surface area contributed by atoms with E-state index in [2.05, 4.69) is 20.5 Å². The van der Waals surface area contributed by atoms with Crippen LogP contribution in [0.3, 0.4) is 0 Å². The van der Waals surface area contributed by atoms with Crippen LogP contribution in [0.25, 0.3) is 0 Å². The Bertz CT molecular complexity index is 698. The first-order valence-corrected chi connectivity index (χ1v) is 8.28. The number of benzene rings is 1. The second-order valence-electron chi connectivity index (χ2n) is 6.05. The number of nitrogens with one attached hydrogen (secondary N) is 2. The van der Waals surface area contributed by atoms with E-state index in [1.54, 1.807) is 6.20 Å². The summed E-state index contributed by atoms with van der Waals surface area (Å²) in [4.78, 5) is 18.4. The van der Waals surface area contributed by atoms with E-state index in [-0.39, 0.29) is 0 Å². The number of anilines is 2. The molecule has 5 nitrogen and oxygen atoms in total. The van der Waals surface area contributed by atoms with Gasteiger partial charge in [0, 0.05) is 25.8 Å². The maximum absolute atomic E-state index is 13.5. The smallest absolute Gasteiger partial charge is 0.319 e. The molecule has 3 rings (SSSR count). The van der Waals surface area contributed by atoms with Gasteiger partial charge in [0.15, 0.2) is 0 Å². The van der Waals surface area contributed by atoms with Crippen LogP contribution in [-0.4, -0.2) is 30.6 Å². The van der Waals surface area contributed by atoms with Crippen LogP contribution in [0.1, 0.15) is 12.8 Å². The number of aromatic nitrogens is 1. The Kier molecular flexibility index (Phi) is 5.42. The van der Waals surface area contributed by atoms with Crippen LogP contribution in [0.15, 0.2) is 42.6 Å². The Labute approximate surface area is 145 Å². The summed E-state index contributed by atoms with van der Waals surface area (Å²) in [7, 11) is 0. The number of hydrogen-bond acceptors (Lipinski definition) is 3. The lowest BCUT2D eigenvalue weighted by Gasteiger charge is -2.32. The van der Waals surface area contributed by atoms with Crippen molar-refractivity contribution in [3.8, 4) is 0 Å². The second-order valence-corrected chi connectivity index (χ2v) is 6.05. The number of urea groups is 1. The van der Waals surface area contributed by atoms with Gasteiger partial charge in [-0.05, 0) is 43.0 Å². The minimum Gasteiger partial charge on any atom is -0.357 e. The van der Waals surface area contributed by atoms with Crippen molar-refractivity contribution in [3.05, 3.63) is 54.2 Å². The van der Waals surface area contributed by atoms with E-state index in [9.17, 15) is 13.6 Å². The van der Waals surface area contributed by atoms with Gasteiger partial charge in [0.05, 0.1) is 0 Å². The highest BCUT2D eigenvalue weighted by molar-refractivity contribution is 5.89. The van der Waals surface area contributed by atoms with Gasteiger partial charge in [0.1, 0.15) is 23.1 Å². The number of nitrogens with zero attached hydrogens (tertiary/aromatic N) is 2. The largest absolute Gasteiger partial charge is 0.357 e. The van der Waals surface area contributed by atoms with E-state index in [1.807, 2.05) is 18.2 Å². The number of piperidine rings is 1. The molecule has 1 fully saturated rings. The van der Waals surface area contributed by atoms with Gasteiger partial charge in [-0.2, -0.15) is 0 Å². The third-order valence-electron chi connectivity index (χ3n) is 4.34. The third kappa shape index (κ3) is 4.43. The number of carbonyl (C=O) groups is 1. The van der Waals surface area contributed by atoms with Gasteiger partial charge in [-0.15, -0.1) is 0 Å². The van der Waals surface area contributed by atoms with Crippen molar-refractivity contribution in [1.29, 1.82) is 0 Å². The molecular weight excluding hydrogens is 326 g/mol. The zero-order valence-corrected chi connectivity index (χ0v) is 13.7. The molecule has 0 aliphatic carbocycles. The number of hydrogen-bond donors (Lipinski definition) is 2. The Hall–Kier alpha value is -2.70. The van der Waals surface area contributed by atoms with Crippen molar-refractivity contribution in [2.24, 2.45) is 5.92 Å². The van der Waals surface area contributed by atoms with E-state index in [4.69, 9.17) is 0 Å². The Morgan fingerprint density at radius 2 is 1.84 bits per heavy atom. The predicted molar refractivity (Wildman–Crippen MR) is 92.6 cm³/mol. The zero-order chi connectivity index (χ0) is 17.6. The average molecular weight is 346 g/mol. The maximum atomic E-state index is 13.5. The summed E-state index contributed by atoms with van der Waals surface area (Å²) < 4.78 is 27.0. The first-order valence-electron chi connectivity index (χ1n) is 8.28. The number of rotatable bonds is 4. The average Bonchev–Trinajstić information content (AvgIpc) is 2.64. The molecular formula is C18H20F2N4O. The second kappa shape index (κ2) is 7.92. The van der Waals surface area contributed by atoms with Crippen molar-refractivity contribution < 1.29 is 13.6 Å². The fraction of sp³-hybridized carbons (Fsp3) is 0.333. The molecule has 0 bridgehead atoms. The first kappa shape index (κ1) is 17.1. The molecule has 1 aliphatic heterocycles. The van der Waals surface area contributed by atoms with Crippen molar-refractivity contribution >= 4 is 17.5 Å². The molecule has 2 aromatic rings. The Morgan fingerprint density at radius 3 is 2.48 bits per heavy atom. The number of carbonyl (C=O) groups excluding carboxylic acids is 1. The highest BCUT2D eigenvalue weighted by atomic mass is 19.1. The number of halogens is 2. The van der Waals surface area contributed by atoms with Gasteiger partial charge in [-0.3, -0.25) is 0 Å². The quantitative estimate of drug-likeness (QED) is 0.892. The third-order valence-corrected chi connectivity index (χ3v) is 4.34. The van der Waals surface area contributed by atoms with Crippen LogP contribution in [-0.2, 0) is 0 Å². The fourth-order valence-electron chi connectivity index (χ4n) is 2.92. The van der Waals surface area contributed by atoms with Crippen LogP contribution >= 0.6 is 0 Å². The summed E-state index contributed by atoms with van der Waals surface area (Å²) in [5, 5.41) is 4.92. The van der Waals surface area contributed by atoms with Crippen molar-refractivity contribution in [2.45, 2.75) is 12.8 Å². The van der Waals surface area contributed by atoms with Gasteiger partial charge < -0.3 is 15.5 Å². The lowest BCUT2D eigenvalue weighted by Crippen LogP contribution is -2.40. The number of para-hydroxylation sites is 1. The summed E-state index contributed by atoms with van der Waals surface area (Å²) >= 11 is 0. The van der Waals surface area contributed by atoms with Gasteiger partial charge in [-0.1, -0.05) is 12.1 Å². The summed E-state index contributed by atoms with van der Waals surface area (Å²) in [6.45, 7) is 2.21. The highest BCUT2D eigenvalue weighted by Crippen LogP contribution is 2.21. The van der Waals surface area contributed by atoms with E-state index < -0.39 is 23.4 Å². The molecule has 0 saturated carbocycles. The minimum atomic E-state index is -0.793. The number of amides is 2. The van der Waals surface area contributed by atoms with Crippen LogP contribution < -0.4 is 15.5 Å². The molecule has 1 aromatic heterocycles. The topological polar surface area (TPSA) is 57.3 Å². The van der Waals surface area contributed by atoms with Crippen LogP contribution in [0.5, 0.6) is 0 Å². The molecule has 1 aromatic carbocycles. The molecule has 0 atom stereocenters. The summed E-state index contributed by atoms with van der Waals surface area (Å²) in [6, 6.07) is 8.69. The van der Waals surface area contributed by atoms with Crippen molar-refractivity contribution in [2.75, 3.05) is 29.9 Å². The predicted octanol–water partition coefficient (Wildman–Crippen LogP) is 3.40. The molecule has 1 saturated heterocycles. The fourth-order valence-corrected chi connectivity index (χ4v) is 2.92. The summed E-state index contributed by atoms with van der Waals surface area (Å²) in [6.07, 6.45) is 3.62. The molecule has 25 heavy (non-hydrogen) atoms. The molecule has 132 valence electrons. The Balaban J connectivity index is 1.45. The van der Waals surface area contributed by atoms with Crippen molar-refractivity contribution in [1.82, 2.24) is 10.3 Å². The lowest BCUT2D eigenvalue weighted by atomic mass is 9.97. The Morgan fingerprint density at radius 1 is 1.12 bits per heavy atom. The molecule has 7 heteroatoms. The van der Waals surface area contributed by atoms with Gasteiger partial charge in [0.25, 0.3) is 0 Å². The van der Waals surface area contributed by atoms with E-state index in [0.29, 0.717) is 12.5 Å². The first-order chi connectivity index (χ1) is 12.1. The zero-order valence-electron chi connectivity index (χ0n) is 13.7. The highest BCUT2D eigenvalue weighted by Gasteiger charge is 2.21. The van der Waals surface area contributed by atoms with Gasteiger partial charge in [-0.25, -0.2) is 18.6 Å². The summed E-state index contributed by atoms with van der Waals surface area (Å²) in [5.41, 5.74) is -0.426. The van der Waals surface area contributed by atoms with E-state index in [0.717, 1.165) is 43.9 Å². The van der Waals surface area contributed by atoms with Gasteiger partial charge in [0.2, 0.25) is 0 Å². The van der Waals surface area contributed by atoms with E-state index >= 15 is 0 Å². The molecule has 2 heterocycles. The minimum absolute atomic E-state index is 0.330. The monoisotopic (exact) mass is 346 g/mol. The summed E-state index contributed by atoms with van der Waals surface area (Å²) in [5.74, 6) is -0.296. The molecule has 2 N–H and O–H groups in total. The van der Waals surface area contributed by atoms with Crippen LogP contribution in [0.2, 0.25) is 0 Å². The molecule has 0 unspecified atom stereocenters. The van der Waals surface area contributed by atoms with E-state index in [1.165, 1.54) is 6.07 Å². The molecule has 0 radical (unpaired) electrons.